The Bertz CT molecular complexity index is 998. The van der Waals surface area contributed by atoms with Crippen LogP contribution in [0.2, 0.25) is 0 Å². The molecule has 5 nitrogen and oxygen atoms in total. The van der Waals surface area contributed by atoms with Crippen LogP contribution in [-0.2, 0) is 0 Å². The van der Waals surface area contributed by atoms with E-state index in [1.807, 2.05) is 69.7 Å². The second kappa shape index (κ2) is 10.4. The average Bonchev–Trinajstić information content (AvgIpc) is 2.76. The van der Waals surface area contributed by atoms with E-state index in [-0.39, 0.29) is 0 Å². The number of rotatable bonds is 8. The highest BCUT2D eigenvalue weighted by atomic mass is 16.5. The van der Waals surface area contributed by atoms with Crippen molar-refractivity contribution in [3.8, 4) is 5.75 Å². The van der Waals surface area contributed by atoms with Gasteiger partial charge < -0.3 is 15.0 Å². The molecule has 0 aliphatic heterocycles. The molecule has 1 aliphatic carbocycles. The zero-order valence-corrected chi connectivity index (χ0v) is 17.8. The van der Waals surface area contributed by atoms with E-state index in [0.29, 0.717) is 6.61 Å². The van der Waals surface area contributed by atoms with Crippen molar-refractivity contribution in [2.75, 3.05) is 39.6 Å². The minimum Gasteiger partial charge on any atom is -0.492 e. The maximum atomic E-state index is 5.78. The molecule has 0 heterocycles. The molecule has 1 aliphatic rings. The molecule has 0 bridgehead atoms. The molecular weight excluding hydrogens is 372 g/mol. The largest absolute Gasteiger partial charge is 0.492 e. The van der Waals surface area contributed by atoms with Crippen LogP contribution in [0.4, 0.5) is 11.4 Å². The normalized spacial score (nSPS) is 16.1. The van der Waals surface area contributed by atoms with Gasteiger partial charge in [0, 0.05) is 36.6 Å². The standard InChI is InChI=1S/C25H28N4O/c1-26-18-20-8-6-10-24(19-7-5-9-22(17-19)27-2)25(20)28-21-11-13-23(14-12-21)30-16-15-29(3)4/h5-14,17-18,27H,1,15-16H2,2-4H3/b20-18-,28-25?. The maximum absolute atomic E-state index is 5.78. The minimum absolute atomic E-state index is 0.651. The summed E-state index contributed by atoms with van der Waals surface area (Å²) in [7, 11) is 5.97. The summed E-state index contributed by atoms with van der Waals surface area (Å²) in [4.78, 5) is 11.0. The molecule has 0 fully saturated rings. The molecule has 3 rings (SSSR count). The Balaban J connectivity index is 1.91. The van der Waals surface area contributed by atoms with Gasteiger partial charge in [0.2, 0.25) is 0 Å². The maximum Gasteiger partial charge on any atom is 0.119 e. The Morgan fingerprint density at radius 2 is 1.93 bits per heavy atom. The summed E-state index contributed by atoms with van der Waals surface area (Å²) in [6, 6.07) is 16.1. The lowest BCUT2D eigenvalue weighted by Crippen LogP contribution is -2.19. The number of anilines is 1. The number of benzene rings is 2. The first-order chi connectivity index (χ1) is 14.6. The number of aliphatic imine (C=N–C) groups is 2. The fraction of sp³-hybridized carbons (Fsp3) is 0.200. The van der Waals surface area contributed by atoms with Gasteiger partial charge in [-0.1, -0.05) is 30.4 Å². The monoisotopic (exact) mass is 400 g/mol. The van der Waals surface area contributed by atoms with Gasteiger partial charge in [0.25, 0.3) is 0 Å². The number of ether oxygens (including phenoxy) is 1. The molecule has 0 aromatic heterocycles. The van der Waals surface area contributed by atoms with Gasteiger partial charge in [0.15, 0.2) is 0 Å². The van der Waals surface area contributed by atoms with E-state index in [2.05, 4.69) is 40.1 Å². The Labute approximate surface area is 178 Å². The van der Waals surface area contributed by atoms with Crippen LogP contribution in [0, 0.1) is 0 Å². The van der Waals surface area contributed by atoms with Gasteiger partial charge in [-0.15, -0.1) is 0 Å². The zero-order valence-electron chi connectivity index (χ0n) is 17.8. The molecule has 154 valence electrons. The van der Waals surface area contributed by atoms with Crippen molar-refractivity contribution in [1.29, 1.82) is 0 Å². The molecule has 30 heavy (non-hydrogen) atoms. The summed E-state index contributed by atoms with van der Waals surface area (Å²) >= 11 is 0. The molecule has 0 unspecified atom stereocenters. The summed E-state index contributed by atoms with van der Waals surface area (Å²) in [6.07, 6.45) is 7.83. The Morgan fingerprint density at radius 3 is 2.63 bits per heavy atom. The van der Waals surface area contributed by atoms with Gasteiger partial charge in [0.05, 0.1) is 11.4 Å². The molecule has 0 atom stereocenters. The lowest BCUT2D eigenvalue weighted by atomic mass is 9.91. The van der Waals surface area contributed by atoms with Crippen molar-refractivity contribution < 1.29 is 4.74 Å². The number of hydrogen-bond acceptors (Lipinski definition) is 5. The molecule has 0 saturated carbocycles. The van der Waals surface area contributed by atoms with Crippen LogP contribution in [0.5, 0.6) is 5.75 Å². The van der Waals surface area contributed by atoms with E-state index in [1.165, 1.54) is 0 Å². The second-order valence-corrected chi connectivity index (χ2v) is 7.14. The van der Waals surface area contributed by atoms with Crippen LogP contribution in [0.15, 0.2) is 88.5 Å². The van der Waals surface area contributed by atoms with E-state index < -0.39 is 0 Å². The number of likely N-dealkylation sites (N-methyl/N-ethyl adjacent to an activating group) is 1. The first-order valence-corrected chi connectivity index (χ1v) is 9.90. The van der Waals surface area contributed by atoms with E-state index in [4.69, 9.17) is 9.73 Å². The predicted molar refractivity (Wildman–Crippen MR) is 128 cm³/mol. The SMILES string of the molecule is C=N/C=C1/C=CC=C(c2cccc(NC)c2)C1=Nc1ccc(OCCN(C)C)cc1. The molecule has 0 radical (unpaired) electrons. The summed E-state index contributed by atoms with van der Waals surface area (Å²) in [5.41, 5.74) is 5.81. The van der Waals surface area contributed by atoms with Gasteiger partial charge in [-0.25, -0.2) is 4.99 Å². The van der Waals surface area contributed by atoms with Crippen LogP contribution in [0.25, 0.3) is 5.57 Å². The summed E-state index contributed by atoms with van der Waals surface area (Å²) in [6.45, 7) is 5.13. The Morgan fingerprint density at radius 1 is 1.13 bits per heavy atom. The summed E-state index contributed by atoms with van der Waals surface area (Å²) in [5, 5.41) is 3.19. The van der Waals surface area contributed by atoms with Crippen LogP contribution in [0.3, 0.4) is 0 Å². The van der Waals surface area contributed by atoms with Crippen LogP contribution in [0.1, 0.15) is 5.56 Å². The second-order valence-electron chi connectivity index (χ2n) is 7.14. The van der Waals surface area contributed by atoms with Crippen LogP contribution < -0.4 is 10.1 Å². The summed E-state index contributed by atoms with van der Waals surface area (Å²) in [5.74, 6) is 0.838. The number of allylic oxidation sites excluding steroid dienone is 5. The van der Waals surface area contributed by atoms with Crippen molar-refractivity contribution in [2.45, 2.75) is 0 Å². The van der Waals surface area contributed by atoms with Gasteiger partial charge in [-0.2, -0.15) is 0 Å². The van der Waals surface area contributed by atoms with E-state index >= 15 is 0 Å². The number of hydrogen-bond donors (Lipinski definition) is 1. The molecule has 0 saturated heterocycles. The average molecular weight is 401 g/mol. The third-order valence-corrected chi connectivity index (χ3v) is 4.64. The van der Waals surface area contributed by atoms with Crippen molar-refractivity contribution >= 4 is 29.4 Å². The van der Waals surface area contributed by atoms with Gasteiger partial charge in [0.1, 0.15) is 12.4 Å². The van der Waals surface area contributed by atoms with Gasteiger partial charge in [-0.05, 0) is 62.8 Å². The molecule has 0 amide bonds. The molecule has 1 N–H and O–H groups in total. The number of nitrogens with zero attached hydrogens (tertiary/aromatic N) is 3. The van der Waals surface area contributed by atoms with Crippen molar-refractivity contribution in [3.63, 3.8) is 0 Å². The van der Waals surface area contributed by atoms with Crippen LogP contribution in [-0.4, -0.2) is 51.6 Å². The number of nitrogens with one attached hydrogen (secondary N) is 1. The summed E-state index contributed by atoms with van der Waals surface area (Å²) < 4.78 is 5.78. The molecule has 2 aromatic rings. The fourth-order valence-electron chi connectivity index (χ4n) is 3.06. The minimum atomic E-state index is 0.651. The lowest BCUT2D eigenvalue weighted by Gasteiger charge is -2.16. The Hall–Kier alpha value is -3.44. The van der Waals surface area contributed by atoms with Crippen molar-refractivity contribution in [1.82, 2.24) is 4.90 Å². The lowest BCUT2D eigenvalue weighted by molar-refractivity contribution is 0.261. The van der Waals surface area contributed by atoms with Crippen molar-refractivity contribution in [3.05, 3.63) is 84.1 Å². The third kappa shape index (κ3) is 5.55. The molecule has 0 spiro atoms. The highest BCUT2D eigenvalue weighted by molar-refractivity contribution is 6.34. The van der Waals surface area contributed by atoms with Gasteiger partial charge in [-0.3, -0.25) is 4.99 Å². The fourth-order valence-corrected chi connectivity index (χ4v) is 3.06. The Kier molecular flexibility index (Phi) is 7.35. The third-order valence-electron chi connectivity index (χ3n) is 4.64. The first-order valence-electron chi connectivity index (χ1n) is 9.90. The predicted octanol–water partition coefficient (Wildman–Crippen LogP) is 4.98. The highest BCUT2D eigenvalue weighted by Gasteiger charge is 2.16. The molecule has 5 heteroatoms. The van der Waals surface area contributed by atoms with E-state index in [0.717, 1.165) is 46.1 Å². The smallest absolute Gasteiger partial charge is 0.119 e. The van der Waals surface area contributed by atoms with E-state index in [9.17, 15) is 0 Å². The topological polar surface area (TPSA) is 49.2 Å². The highest BCUT2D eigenvalue weighted by Crippen LogP contribution is 2.29. The molecular formula is C25H28N4O. The first kappa shape index (κ1) is 21.3. The quantitative estimate of drug-likeness (QED) is 0.636. The molecule has 2 aromatic carbocycles. The van der Waals surface area contributed by atoms with Crippen molar-refractivity contribution in [2.24, 2.45) is 9.98 Å². The van der Waals surface area contributed by atoms with E-state index in [1.54, 1.807) is 6.20 Å². The van der Waals surface area contributed by atoms with Crippen LogP contribution >= 0.6 is 0 Å². The zero-order chi connectivity index (χ0) is 21.3. The van der Waals surface area contributed by atoms with Gasteiger partial charge >= 0.3 is 0 Å².